The van der Waals surface area contributed by atoms with Crippen molar-refractivity contribution in [1.29, 1.82) is 5.26 Å². The zero-order valence-corrected chi connectivity index (χ0v) is 12.2. The van der Waals surface area contributed by atoms with Gasteiger partial charge in [-0.3, -0.25) is 4.79 Å². The van der Waals surface area contributed by atoms with Gasteiger partial charge in [-0.1, -0.05) is 5.16 Å². The standard InChI is InChI=1S/C12H8BrN3O2S/c1-7-2-11(16-18-7)15-12(17)8(5-14)3-10-4-9(13)6-19-10/h2-4,6H,1H3,(H,15,16,17)/b8-3-. The van der Waals surface area contributed by atoms with Crippen LogP contribution in [-0.4, -0.2) is 11.1 Å². The summed E-state index contributed by atoms with van der Waals surface area (Å²) in [5.41, 5.74) is 0.00926. The molecule has 2 aromatic rings. The summed E-state index contributed by atoms with van der Waals surface area (Å²) in [5, 5.41) is 17.0. The van der Waals surface area contributed by atoms with Gasteiger partial charge in [0, 0.05) is 20.8 Å². The number of rotatable bonds is 3. The Balaban J connectivity index is 2.16. The minimum atomic E-state index is -0.514. The first-order chi connectivity index (χ1) is 9.08. The maximum atomic E-state index is 11.9. The molecule has 0 aromatic carbocycles. The number of hydrogen-bond acceptors (Lipinski definition) is 5. The molecule has 0 atom stereocenters. The summed E-state index contributed by atoms with van der Waals surface area (Å²) in [6, 6.07) is 5.28. The van der Waals surface area contributed by atoms with Gasteiger partial charge in [0.15, 0.2) is 5.82 Å². The van der Waals surface area contributed by atoms with E-state index >= 15 is 0 Å². The quantitative estimate of drug-likeness (QED) is 0.688. The van der Waals surface area contributed by atoms with Crippen molar-refractivity contribution in [3.05, 3.63) is 38.2 Å². The van der Waals surface area contributed by atoms with Gasteiger partial charge in [0.1, 0.15) is 17.4 Å². The number of nitrogens with one attached hydrogen (secondary N) is 1. The van der Waals surface area contributed by atoms with Crippen LogP contribution in [0.3, 0.4) is 0 Å². The molecule has 0 unspecified atom stereocenters. The van der Waals surface area contributed by atoms with Crippen molar-refractivity contribution < 1.29 is 9.32 Å². The van der Waals surface area contributed by atoms with Gasteiger partial charge in [-0.2, -0.15) is 5.26 Å². The number of hydrogen-bond donors (Lipinski definition) is 1. The van der Waals surface area contributed by atoms with E-state index in [9.17, 15) is 4.79 Å². The van der Waals surface area contributed by atoms with Crippen LogP contribution < -0.4 is 5.32 Å². The topological polar surface area (TPSA) is 78.9 Å². The molecule has 0 fully saturated rings. The molecule has 1 amide bonds. The fraction of sp³-hybridized carbons (Fsp3) is 0.0833. The summed E-state index contributed by atoms with van der Waals surface area (Å²) in [7, 11) is 0. The minimum Gasteiger partial charge on any atom is -0.360 e. The first-order valence-electron chi connectivity index (χ1n) is 5.19. The van der Waals surface area contributed by atoms with E-state index in [1.165, 1.54) is 17.4 Å². The van der Waals surface area contributed by atoms with Crippen molar-refractivity contribution >= 4 is 45.1 Å². The molecule has 0 saturated carbocycles. The average Bonchev–Trinajstić information content (AvgIpc) is 2.95. The Bertz CT molecular complexity index is 681. The zero-order chi connectivity index (χ0) is 13.8. The summed E-state index contributed by atoms with van der Waals surface area (Å²) in [6.07, 6.45) is 1.53. The molecular weight excluding hydrogens is 330 g/mol. The van der Waals surface area contributed by atoms with Gasteiger partial charge in [-0.15, -0.1) is 11.3 Å². The predicted octanol–water partition coefficient (Wildman–Crippen LogP) is 3.35. The Kier molecular flexibility index (Phi) is 4.14. The van der Waals surface area contributed by atoms with Crippen molar-refractivity contribution in [1.82, 2.24) is 5.16 Å². The molecular formula is C12H8BrN3O2S. The summed E-state index contributed by atoms with van der Waals surface area (Å²) >= 11 is 4.75. The molecule has 0 spiro atoms. The normalized spacial score (nSPS) is 11.1. The van der Waals surface area contributed by atoms with Gasteiger partial charge in [-0.05, 0) is 35.0 Å². The number of amides is 1. The van der Waals surface area contributed by atoms with Crippen molar-refractivity contribution in [2.75, 3.05) is 5.32 Å². The second-order valence-electron chi connectivity index (χ2n) is 3.61. The molecule has 2 rings (SSSR count). The molecule has 96 valence electrons. The Labute approximate surface area is 121 Å². The first-order valence-corrected chi connectivity index (χ1v) is 6.86. The number of thiophene rings is 1. The highest BCUT2D eigenvalue weighted by atomic mass is 79.9. The summed E-state index contributed by atoms with van der Waals surface area (Å²) in [6.45, 7) is 1.72. The maximum absolute atomic E-state index is 11.9. The van der Waals surface area contributed by atoms with Gasteiger partial charge < -0.3 is 9.84 Å². The highest BCUT2D eigenvalue weighted by Gasteiger charge is 2.12. The molecule has 0 aliphatic carbocycles. The van der Waals surface area contributed by atoms with E-state index in [-0.39, 0.29) is 11.4 Å². The van der Waals surface area contributed by atoms with Crippen LogP contribution in [0.15, 0.2) is 32.1 Å². The second-order valence-corrected chi connectivity index (χ2v) is 5.47. The third-order valence-corrected chi connectivity index (χ3v) is 3.75. The van der Waals surface area contributed by atoms with Crippen LogP contribution in [0.1, 0.15) is 10.6 Å². The number of carbonyl (C=O) groups excluding carboxylic acids is 1. The van der Waals surface area contributed by atoms with E-state index < -0.39 is 5.91 Å². The Morgan fingerprint density at radius 1 is 1.63 bits per heavy atom. The average molecular weight is 338 g/mol. The van der Waals surface area contributed by atoms with Crippen molar-refractivity contribution in [2.24, 2.45) is 0 Å². The lowest BCUT2D eigenvalue weighted by Crippen LogP contribution is -2.13. The minimum absolute atomic E-state index is 0.00926. The van der Waals surface area contributed by atoms with Gasteiger partial charge in [0.05, 0.1) is 0 Å². The van der Waals surface area contributed by atoms with Gasteiger partial charge in [-0.25, -0.2) is 0 Å². The molecule has 0 aliphatic rings. The van der Waals surface area contributed by atoms with E-state index in [2.05, 4.69) is 26.4 Å². The maximum Gasteiger partial charge on any atom is 0.267 e. The summed E-state index contributed by atoms with van der Waals surface area (Å²) in [4.78, 5) is 12.7. The fourth-order valence-electron chi connectivity index (χ4n) is 1.30. The van der Waals surface area contributed by atoms with Crippen molar-refractivity contribution in [2.45, 2.75) is 6.92 Å². The zero-order valence-electron chi connectivity index (χ0n) is 9.81. The van der Waals surface area contributed by atoms with Crippen molar-refractivity contribution in [3.8, 4) is 6.07 Å². The monoisotopic (exact) mass is 337 g/mol. The lowest BCUT2D eigenvalue weighted by Gasteiger charge is -1.98. The number of carbonyl (C=O) groups is 1. The third-order valence-electron chi connectivity index (χ3n) is 2.11. The third kappa shape index (κ3) is 3.53. The molecule has 7 heteroatoms. The van der Waals surface area contributed by atoms with Crippen LogP contribution in [0.25, 0.3) is 6.08 Å². The molecule has 5 nitrogen and oxygen atoms in total. The van der Waals surface area contributed by atoms with Crippen LogP contribution in [0, 0.1) is 18.3 Å². The van der Waals surface area contributed by atoms with Crippen LogP contribution in [-0.2, 0) is 4.79 Å². The molecule has 2 aromatic heterocycles. The van der Waals surface area contributed by atoms with Gasteiger partial charge >= 0.3 is 0 Å². The van der Waals surface area contributed by atoms with E-state index in [0.29, 0.717) is 5.76 Å². The summed E-state index contributed by atoms with van der Waals surface area (Å²) in [5.74, 6) is 0.358. The first kappa shape index (κ1) is 13.5. The van der Waals surface area contributed by atoms with Crippen molar-refractivity contribution in [3.63, 3.8) is 0 Å². The predicted molar refractivity (Wildman–Crippen MR) is 75.5 cm³/mol. The second kappa shape index (κ2) is 5.82. The number of anilines is 1. The Morgan fingerprint density at radius 2 is 2.42 bits per heavy atom. The largest absolute Gasteiger partial charge is 0.360 e. The molecule has 2 heterocycles. The highest BCUT2D eigenvalue weighted by molar-refractivity contribution is 9.10. The van der Waals surface area contributed by atoms with Crippen LogP contribution in [0.4, 0.5) is 5.82 Å². The SMILES string of the molecule is Cc1cc(NC(=O)/C(C#N)=C\c2cc(Br)cs2)no1. The number of aromatic nitrogens is 1. The van der Waals surface area contributed by atoms with E-state index in [1.807, 2.05) is 17.5 Å². The molecule has 0 saturated heterocycles. The molecule has 1 N–H and O–H groups in total. The lowest BCUT2D eigenvalue weighted by molar-refractivity contribution is -0.112. The van der Waals surface area contributed by atoms with Crippen LogP contribution in [0.2, 0.25) is 0 Å². The Hall–Kier alpha value is -1.91. The number of halogens is 1. The summed E-state index contributed by atoms with van der Waals surface area (Å²) < 4.78 is 5.74. The number of aryl methyl sites for hydroxylation is 1. The van der Waals surface area contributed by atoms with Gasteiger partial charge in [0.25, 0.3) is 5.91 Å². The number of nitriles is 1. The van der Waals surface area contributed by atoms with Crippen LogP contribution in [0.5, 0.6) is 0 Å². The van der Waals surface area contributed by atoms with E-state index in [0.717, 1.165) is 9.35 Å². The Morgan fingerprint density at radius 3 is 2.95 bits per heavy atom. The fourth-order valence-corrected chi connectivity index (χ4v) is 2.68. The van der Waals surface area contributed by atoms with Gasteiger partial charge in [0.2, 0.25) is 0 Å². The number of nitrogens with zero attached hydrogens (tertiary/aromatic N) is 2. The molecule has 19 heavy (non-hydrogen) atoms. The molecule has 0 bridgehead atoms. The van der Waals surface area contributed by atoms with Crippen LogP contribution >= 0.6 is 27.3 Å². The highest BCUT2D eigenvalue weighted by Crippen LogP contribution is 2.22. The van der Waals surface area contributed by atoms with E-state index in [1.54, 1.807) is 13.0 Å². The molecule has 0 radical (unpaired) electrons. The van der Waals surface area contributed by atoms with E-state index in [4.69, 9.17) is 9.78 Å². The lowest BCUT2D eigenvalue weighted by atomic mass is 10.2. The molecule has 0 aliphatic heterocycles. The smallest absolute Gasteiger partial charge is 0.267 e.